The maximum atomic E-state index is 12.6. The highest BCUT2D eigenvalue weighted by Gasteiger charge is 2.25. The number of aromatic nitrogens is 2. The van der Waals surface area contributed by atoms with Crippen LogP contribution in [0.15, 0.2) is 36.5 Å². The molecule has 1 saturated heterocycles. The predicted molar refractivity (Wildman–Crippen MR) is 91.3 cm³/mol. The zero-order chi connectivity index (χ0) is 16.2. The van der Waals surface area contributed by atoms with Gasteiger partial charge in [-0.15, -0.1) is 0 Å². The van der Waals surface area contributed by atoms with Gasteiger partial charge >= 0.3 is 0 Å². The Hall–Kier alpha value is -2.10. The molecule has 2 aromatic rings. The molecule has 0 radical (unpaired) electrons. The summed E-state index contributed by atoms with van der Waals surface area (Å²) in [5.74, 6) is 0.714. The molecule has 0 spiro atoms. The second kappa shape index (κ2) is 6.99. The molecule has 2 heterocycles. The van der Waals surface area contributed by atoms with Crippen LogP contribution in [0.4, 0.5) is 0 Å². The number of aryl methyl sites for hydroxylation is 3. The van der Waals surface area contributed by atoms with Gasteiger partial charge in [0.1, 0.15) is 5.69 Å². The summed E-state index contributed by atoms with van der Waals surface area (Å²) in [5, 5.41) is 4.11. The van der Waals surface area contributed by atoms with Crippen LogP contribution < -0.4 is 0 Å². The molecule has 0 aliphatic carbocycles. The van der Waals surface area contributed by atoms with E-state index in [-0.39, 0.29) is 5.91 Å². The first-order chi connectivity index (χ1) is 11.1. The van der Waals surface area contributed by atoms with Crippen molar-refractivity contribution in [1.29, 1.82) is 0 Å². The number of nitrogens with zero attached hydrogens (tertiary/aromatic N) is 3. The van der Waals surface area contributed by atoms with Crippen LogP contribution >= 0.6 is 0 Å². The highest BCUT2D eigenvalue weighted by Crippen LogP contribution is 2.23. The molecule has 1 aromatic heterocycles. The second-order valence-electron chi connectivity index (χ2n) is 6.56. The van der Waals surface area contributed by atoms with Crippen molar-refractivity contribution < 1.29 is 4.79 Å². The number of likely N-dealkylation sites (tertiary alicyclic amines) is 1. The lowest BCUT2D eigenvalue weighted by Crippen LogP contribution is -2.40. The number of piperidine rings is 1. The normalized spacial score (nSPS) is 18.2. The van der Waals surface area contributed by atoms with E-state index < -0.39 is 0 Å². The minimum Gasteiger partial charge on any atom is -0.337 e. The molecule has 0 N–H and O–H groups in total. The molecule has 0 unspecified atom stereocenters. The van der Waals surface area contributed by atoms with Gasteiger partial charge in [-0.3, -0.25) is 9.48 Å². The van der Waals surface area contributed by atoms with E-state index in [1.165, 1.54) is 17.5 Å². The molecule has 0 saturated carbocycles. The topological polar surface area (TPSA) is 38.1 Å². The first kappa shape index (κ1) is 15.8. The van der Waals surface area contributed by atoms with Crippen molar-refractivity contribution in [3.05, 3.63) is 53.3 Å². The first-order valence-corrected chi connectivity index (χ1v) is 8.47. The van der Waals surface area contributed by atoms with Gasteiger partial charge in [-0.25, -0.2) is 0 Å². The van der Waals surface area contributed by atoms with E-state index >= 15 is 0 Å². The zero-order valence-corrected chi connectivity index (χ0v) is 14.0. The number of amides is 1. The number of hydrogen-bond donors (Lipinski definition) is 0. The molecule has 3 rings (SSSR count). The summed E-state index contributed by atoms with van der Waals surface area (Å²) in [6, 6.07) is 10.4. The predicted octanol–water partition coefficient (Wildman–Crippen LogP) is 3.21. The number of carbonyl (C=O) groups excluding carboxylic acids is 1. The molecular weight excluding hydrogens is 286 g/mol. The van der Waals surface area contributed by atoms with Crippen LogP contribution in [0.25, 0.3) is 0 Å². The molecule has 122 valence electrons. The first-order valence-electron chi connectivity index (χ1n) is 8.47. The summed E-state index contributed by atoms with van der Waals surface area (Å²) in [4.78, 5) is 14.6. The van der Waals surface area contributed by atoms with Gasteiger partial charge in [-0.2, -0.15) is 5.10 Å². The summed E-state index contributed by atoms with van der Waals surface area (Å²) in [6.45, 7) is 3.91. The molecular formula is C19H25N3O. The number of hydrogen-bond acceptors (Lipinski definition) is 2. The molecule has 1 aromatic carbocycles. The van der Waals surface area contributed by atoms with Crippen molar-refractivity contribution in [1.82, 2.24) is 14.7 Å². The number of rotatable bonds is 4. The Morgan fingerprint density at radius 3 is 2.87 bits per heavy atom. The minimum absolute atomic E-state index is 0.116. The van der Waals surface area contributed by atoms with Gasteiger partial charge in [0.2, 0.25) is 0 Å². The molecule has 1 aliphatic rings. The summed E-state index contributed by atoms with van der Waals surface area (Å²) < 4.78 is 1.67. The SMILES string of the molecule is Cc1ccccc1CC[C@H]1CCCN(C(=O)c2ccnn2C)C1. The summed E-state index contributed by atoms with van der Waals surface area (Å²) in [7, 11) is 1.83. The average molecular weight is 311 g/mol. The molecule has 23 heavy (non-hydrogen) atoms. The highest BCUT2D eigenvalue weighted by atomic mass is 16.2. The third-order valence-corrected chi connectivity index (χ3v) is 4.93. The van der Waals surface area contributed by atoms with E-state index in [4.69, 9.17) is 0 Å². The van der Waals surface area contributed by atoms with Crippen molar-refractivity contribution >= 4 is 5.91 Å². The van der Waals surface area contributed by atoms with Crippen LogP contribution in [0.1, 0.15) is 40.9 Å². The largest absolute Gasteiger partial charge is 0.337 e. The standard InChI is InChI=1S/C19H25N3O/c1-15-6-3-4-8-17(15)10-9-16-7-5-13-22(14-16)19(23)18-11-12-20-21(18)2/h3-4,6,8,11-12,16H,5,7,9-10,13-14H2,1-2H3/t16-/m1/s1. The van der Waals surface area contributed by atoms with E-state index in [0.717, 1.165) is 32.4 Å². The van der Waals surface area contributed by atoms with Crippen molar-refractivity contribution in [2.45, 2.75) is 32.6 Å². The lowest BCUT2D eigenvalue weighted by atomic mass is 9.90. The fourth-order valence-electron chi connectivity index (χ4n) is 3.48. The van der Waals surface area contributed by atoms with Crippen LogP contribution in [-0.4, -0.2) is 33.7 Å². The molecule has 4 nitrogen and oxygen atoms in total. The molecule has 1 fully saturated rings. The molecule has 4 heteroatoms. The Bertz CT molecular complexity index is 677. The van der Waals surface area contributed by atoms with Gasteiger partial charge in [0.05, 0.1) is 0 Å². The maximum absolute atomic E-state index is 12.6. The van der Waals surface area contributed by atoms with E-state index in [0.29, 0.717) is 11.6 Å². The van der Waals surface area contributed by atoms with Gasteiger partial charge in [-0.05, 0) is 55.7 Å². The Balaban J connectivity index is 1.59. The number of carbonyl (C=O) groups is 1. The Morgan fingerprint density at radius 1 is 1.30 bits per heavy atom. The smallest absolute Gasteiger partial charge is 0.272 e. The summed E-state index contributed by atoms with van der Waals surface area (Å²) in [6.07, 6.45) is 6.26. The molecule has 0 bridgehead atoms. The van der Waals surface area contributed by atoms with E-state index in [9.17, 15) is 4.79 Å². The average Bonchev–Trinajstić information content (AvgIpc) is 3.00. The maximum Gasteiger partial charge on any atom is 0.272 e. The van der Waals surface area contributed by atoms with Crippen molar-refractivity contribution in [3.63, 3.8) is 0 Å². The van der Waals surface area contributed by atoms with Crippen LogP contribution in [0, 0.1) is 12.8 Å². The molecule has 1 aliphatic heterocycles. The third-order valence-electron chi connectivity index (χ3n) is 4.93. The molecule has 1 amide bonds. The van der Waals surface area contributed by atoms with Crippen LogP contribution in [-0.2, 0) is 13.5 Å². The van der Waals surface area contributed by atoms with Gasteiger partial charge in [0.25, 0.3) is 5.91 Å². The van der Waals surface area contributed by atoms with Crippen molar-refractivity contribution in [2.24, 2.45) is 13.0 Å². The third kappa shape index (κ3) is 3.63. The summed E-state index contributed by atoms with van der Waals surface area (Å²) in [5.41, 5.74) is 3.48. The summed E-state index contributed by atoms with van der Waals surface area (Å²) >= 11 is 0. The van der Waals surface area contributed by atoms with Gasteiger partial charge in [-0.1, -0.05) is 24.3 Å². The van der Waals surface area contributed by atoms with Gasteiger partial charge in [0, 0.05) is 26.3 Å². The number of benzene rings is 1. The van der Waals surface area contributed by atoms with E-state index in [1.54, 1.807) is 16.9 Å². The van der Waals surface area contributed by atoms with Gasteiger partial charge in [0.15, 0.2) is 0 Å². The van der Waals surface area contributed by atoms with Gasteiger partial charge < -0.3 is 4.90 Å². The van der Waals surface area contributed by atoms with Crippen LogP contribution in [0.5, 0.6) is 0 Å². The lowest BCUT2D eigenvalue weighted by Gasteiger charge is -2.33. The monoisotopic (exact) mass is 311 g/mol. The van der Waals surface area contributed by atoms with Crippen LogP contribution in [0.3, 0.4) is 0 Å². The fourth-order valence-corrected chi connectivity index (χ4v) is 3.48. The second-order valence-corrected chi connectivity index (χ2v) is 6.56. The quantitative estimate of drug-likeness (QED) is 0.869. The Morgan fingerprint density at radius 2 is 2.13 bits per heavy atom. The zero-order valence-electron chi connectivity index (χ0n) is 14.0. The lowest BCUT2D eigenvalue weighted by molar-refractivity contribution is 0.0657. The van der Waals surface area contributed by atoms with E-state index in [1.807, 2.05) is 11.9 Å². The Kier molecular flexibility index (Phi) is 4.79. The molecule has 1 atom stereocenters. The fraction of sp³-hybridized carbons (Fsp3) is 0.474. The van der Waals surface area contributed by atoms with Crippen LogP contribution in [0.2, 0.25) is 0 Å². The van der Waals surface area contributed by atoms with Crippen molar-refractivity contribution in [2.75, 3.05) is 13.1 Å². The van der Waals surface area contributed by atoms with Crippen molar-refractivity contribution in [3.8, 4) is 0 Å². The highest BCUT2D eigenvalue weighted by molar-refractivity contribution is 5.92. The van der Waals surface area contributed by atoms with E-state index in [2.05, 4.69) is 36.3 Å². The Labute approximate surface area is 138 Å². The minimum atomic E-state index is 0.116.